The molecule has 278 valence electrons. The van der Waals surface area contributed by atoms with Gasteiger partial charge in [0.05, 0.1) is 23.2 Å². The quantitative estimate of drug-likeness (QED) is 0.218. The number of piperazine rings is 1. The van der Waals surface area contributed by atoms with Gasteiger partial charge in [-0.15, -0.1) is 0 Å². The smallest absolute Gasteiger partial charge is 0.417 e. The fourth-order valence-electron chi connectivity index (χ4n) is 8.51. The molecule has 8 rings (SSSR count). The van der Waals surface area contributed by atoms with Crippen LogP contribution < -0.4 is 15.4 Å². The zero-order chi connectivity index (χ0) is 36.9. The summed E-state index contributed by atoms with van der Waals surface area (Å²) in [4.78, 5) is 31.4. The van der Waals surface area contributed by atoms with Gasteiger partial charge in [0.15, 0.2) is 17.2 Å². The lowest BCUT2D eigenvalue weighted by Gasteiger charge is -2.42. The third-order valence-corrected chi connectivity index (χ3v) is 10.6. The Morgan fingerprint density at radius 1 is 1.06 bits per heavy atom. The first-order chi connectivity index (χ1) is 24.5. The molecule has 4 aliphatic rings. The number of nitrogens with zero attached hydrogens (tertiary/aromatic N) is 6. The molecule has 52 heavy (non-hydrogen) atoms. The van der Waals surface area contributed by atoms with E-state index in [1.807, 2.05) is 4.90 Å². The van der Waals surface area contributed by atoms with Crippen LogP contribution in [0.2, 0.25) is 0 Å². The molecule has 2 unspecified atom stereocenters. The number of hydrogen-bond donors (Lipinski definition) is 1. The molecule has 4 fully saturated rings. The Kier molecular flexibility index (Phi) is 7.97. The Morgan fingerprint density at radius 3 is 2.48 bits per heavy atom. The van der Waals surface area contributed by atoms with Crippen LogP contribution in [0.15, 0.2) is 22.6 Å². The van der Waals surface area contributed by atoms with Crippen molar-refractivity contribution in [2.75, 3.05) is 43.4 Å². The standard InChI is InChI=1S/C35H37F6N7O4/c1-33(2,3)52-32(49)48-18-5-6-19(48)15-46(14-18)29-21-11-22(35(39,40)41)24(20-7-8-23(37)28-27(20)43-30(42)51-28)25(38)26(21)44-31(45-29)50-16-34-9-4-10-47(34)13-17(36)12-34/h7-8,11,17-19H,4-6,9-10,12-16H2,1-3H3,(H2,42,43)/t17-,18?,19?,34+/m1/s1. The second-order valence-electron chi connectivity index (χ2n) is 15.2. The van der Waals surface area contributed by atoms with E-state index in [1.54, 1.807) is 30.6 Å². The molecule has 0 radical (unpaired) electrons. The molecule has 2 aromatic carbocycles. The molecule has 11 nitrogen and oxygen atoms in total. The lowest BCUT2D eigenvalue weighted by molar-refractivity contribution is -0.137. The van der Waals surface area contributed by atoms with Crippen LogP contribution in [0, 0.1) is 11.6 Å². The highest BCUT2D eigenvalue weighted by Gasteiger charge is 2.50. The normalized spacial score (nSPS) is 25.1. The summed E-state index contributed by atoms with van der Waals surface area (Å²) in [6, 6.07) is 1.07. The van der Waals surface area contributed by atoms with Crippen LogP contribution in [0.4, 0.5) is 43.0 Å². The van der Waals surface area contributed by atoms with Gasteiger partial charge in [-0.05, 0) is 71.2 Å². The second-order valence-corrected chi connectivity index (χ2v) is 15.2. The monoisotopic (exact) mass is 733 g/mol. The van der Waals surface area contributed by atoms with Crippen LogP contribution in [0.5, 0.6) is 6.01 Å². The number of anilines is 2. The Labute approximate surface area is 294 Å². The van der Waals surface area contributed by atoms with Crippen LogP contribution in [-0.2, 0) is 10.9 Å². The number of carbonyl (C=O) groups excluding carboxylic acids is 1. The van der Waals surface area contributed by atoms with Crippen molar-refractivity contribution in [2.24, 2.45) is 0 Å². The number of nitrogen functional groups attached to an aromatic ring is 1. The first kappa shape index (κ1) is 34.5. The van der Waals surface area contributed by atoms with Gasteiger partial charge >= 0.3 is 18.3 Å². The predicted octanol–water partition coefficient (Wildman–Crippen LogP) is 6.86. The van der Waals surface area contributed by atoms with E-state index in [0.717, 1.165) is 24.6 Å². The van der Waals surface area contributed by atoms with E-state index in [1.165, 1.54) is 0 Å². The van der Waals surface area contributed by atoms with Crippen molar-refractivity contribution in [3.05, 3.63) is 35.4 Å². The maximum absolute atomic E-state index is 17.0. The summed E-state index contributed by atoms with van der Waals surface area (Å²) in [5.41, 5.74) is 0.158. The highest BCUT2D eigenvalue weighted by molar-refractivity contribution is 6.00. The molecule has 17 heteroatoms. The lowest BCUT2D eigenvalue weighted by Crippen LogP contribution is -2.57. The first-order valence-electron chi connectivity index (χ1n) is 17.3. The van der Waals surface area contributed by atoms with Gasteiger partial charge in [-0.25, -0.2) is 18.0 Å². The molecule has 4 aromatic rings. The zero-order valence-corrected chi connectivity index (χ0v) is 28.7. The average Bonchev–Trinajstić information content (AvgIpc) is 3.78. The topological polar surface area (TPSA) is 123 Å². The highest BCUT2D eigenvalue weighted by atomic mass is 19.4. The molecule has 2 N–H and O–H groups in total. The van der Waals surface area contributed by atoms with E-state index in [-0.39, 0.29) is 62.0 Å². The minimum atomic E-state index is -5.10. The molecule has 0 saturated carbocycles. The first-order valence-corrected chi connectivity index (χ1v) is 17.3. The molecule has 0 spiro atoms. The van der Waals surface area contributed by atoms with Crippen molar-refractivity contribution in [2.45, 2.75) is 88.4 Å². The van der Waals surface area contributed by atoms with Crippen LogP contribution in [0.3, 0.4) is 0 Å². The van der Waals surface area contributed by atoms with Gasteiger partial charge in [-0.3, -0.25) is 9.80 Å². The third-order valence-electron chi connectivity index (χ3n) is 10.6. The fraction of sp³-hybridized carbons (Fsp3) is 0.543. The Morgan fingerprint density at radius 2 is 1.79 bits per heavy atom. The summed E-state index contributed by atoms with van der Waals surface area (Å²) in [6.07, 6.45) is -3.68. The SMILES string of the molecule is CC(C)(C)OC(=O)N1C2CCC1CN(c1nc(OC[C@@]34CCCN3C[C@H](F)C4)nc3c(F)c(-c4ccc(F)c5oc(N)nc45)c(C(F)(F)F)cc13)C2. The van der Waals surface area contributed by atoms with Crippen LogP contribution in [-0.4, -0.2) is 93.0 Å². The number of fused-ring (bicyclic) bond motifs is 5. The zero-order valence-electron chi connectivity index (χ0n) is 28.7. The van der Waals surface area contributed by atoms with Gasteiger partial charge in [0.2, 0.25) is 0 Å². The van der Waals surface area contributed by atoms with Crippen LogP contribution in [0.25, 0.3) is 33.1 Å². The number of amides is 1. The average molecular weight is 734 g/mol. The van der Waals surface area contributed by atoms with Gasteiger partial charge in [0, 0.05) is 42.6 Å². The summed E-state index contributed by atoms with van der Waals surface area (Å²) in [5.74, 6) is -2.32. The number of halogens is 6. The number of rotatable bonds is 5. The molecule has 2 bridgehead atoms. The van der Waals surface area contributed by atoms with Gasteiger partial charge < -0.3 is 24.5 Å². The maximum atomic E-state index is 17.0. The lowest BCUT2D eigenvalue weighted by atomic mass is 9.94. The van der Waals surface area contributed by atoms with Crippen molar-refractivity contribution < 1.29 is 45.0 Å². The van der Waals surface area contributed by atoms with Crippen molar-refractivity contribution in [3.63, 3.8) is 0 Å². The molecule has 6 heterocycles. The molecule has 4 saturated heterocycles. The predicted molar refractivity (Wildman–Crippen MR) is 178 cm³/mol. The van der Waals surface area contributed by atoms with Gasteiger partial charge in [-0.2, -0.15) is 28.1 Å². The largest absolute Gasteiger partial charge is 0.461 e. The van der Waals surface area contributed by atoms with Crippen LogP contribution in [0.1, 0.15) is 58.4 Å². The summed E-state index contributed by atoms with van der Waals surface area (Å²) in [6.45, 7) is 6.56. The number of oxazole rings is 1. The Hall–Kier alpha value is -4.54. The van der Waals surface area contributed by atoms with E-state index in [2.05, 4.69) is 15.0 Å². The van der Waals surface area contributed by atoms with Crippen molar-refractivity contribution >= 4 is 39.9 Å². The third kappa shape index (κ3) is 5.80. The number of aromatic nitrogens is 3. The van der Waals surface area contributed by atoms with E-state index in [9.17, 15) is 26.7 Å². The molecular weight excluding hydrogens is 696 g/mol. The van der Waals surface area contributed by atoms with Crippen molar-refractivity contribution in [1.29, 1.82) is 0 Å². The minimum absolute atomic E-state index is 0.0119. The molecule has 4 atom stereocenters. The highest BCUT2D eigenvalue weighted by Crippen LogP contribution is 2.47. The summed E-state index contributed by atoms with van der Waals surface area (Å²) < 4.78 is 108. The molecule has 4 aliphatic heterocycles. The van der Waals surface area contributed by atoms with Gasteiger partial charge in [0.1, 0.15) is 35.2 Å². The molecule has 1 amide bonds. The second kappa shape index (κ2) is 12.0. The summed E-state index contributed by atoms with van der Waals surface area (Å²) in [7, 11) is 0. The van der Waals surface area contributed by atoms with E-state index >= 15 is 4.39 Å². The number of alkyl halides is 4. The number of ether oxygens (including phenoxy) is 2. The van der Waals surface area contributed by atoms with Crippen molar-refractivity contribution in [3.8, 4) is 17.1 Å². The summed E-state index contributed by atoms with van der Waals surface area (Å²) >= 11 is 0. The number of nitrogens with two attached hydrogens (primary N) is 1. The molecule has 2 aromatic heterocycles. The summed E-state index contributed by atoms with van der Waals surface area (Å²) in [5, 5.41) is -0.241. The van der Waals surface area contributed by atoms with E-state index in [4.69, 9.17) is 19.6 Å². The Bertz CT molecular complexity index is 2070. The molecular formula is C35H37F6N7O4. The van der Waals surface area contributed by atoms with Gasteiger partial charge in [-0.1, -0.05) is 0 Å². The number of carbonyl (C=O) groups is 1. The van der Waals surface area contributed by atoms with E-state index < -0.39 is 80.5 Å². The number of hydrogen-bond acceptors (Lipinski definition) is 10. The van der Waals surface area contributed by atoms with Crippen LogP contribution >= 0.6 is 0 Å². The molecule has 0 aliphatic carbocycles. The maximum Gasteiger partial charge on any atom is 0.417 e. The fourth-order valence-corrected chi connectivity index (χ4v) is 8.51. The van der Waals surface area contributed by atoms with Crippen molar-refractivity contribution in [1.82, 2.24) is 24.8 Å². The van der Waals surface area contributed by atoms with Gasteiger partial charge in [0.25, 0.3) is 6.01 Å². The minimum Gasteiger partial charge on any atom is -0.461 e. The Balaban J connectivity index is 1.27. The number of benzene rings is 2. The van der Waals surface area contributed by atoms with E-state index in [0.29, 0.717) is 25.8 Å².